The van der Waals surface area contributed by atoms with E-state index in [4.69, 9.17) is 0 Å². The van der Waals surface area contributed by atoms with Gasteiger partial charge >= 0.3 is 0 Å². The predicted octanol–water partition coefficient (Wildman–Crippen LogP) is 3.79. The Balaban J connectivity index is 1.48. The van der Waals surface area contributed by atoms with Crippen LogP contribution in [-0.4, -0.2) is 34.7 Å². The van der Waals surface area contributed by atoms with E-state index in [1.165, 1.54) is 49.9 Å². The van der Waals surface area contributed by atoms with E-state index in [9.17, 15) is 4.21 Å². The van der Waals surface area contributed by atoms with E-state index in [-0.39, 0.29) is 6.04 Å². The first-order valence-corrected chi connectivity index (χ1v) is 12.6. The molecule has 2 fully saturated rings. The molecule has 142 valence electrons. The van der Waals surface area contributed by atoms with Crippen LogP contribution < -0.4 is 4.72 Å². The van der Waals surface area contributed by atoms with E-state index < -0.39 is 10.1 Å². The van der Waals surface area contributed by atoms with Gasteiger partial charge in [-0.25, -0.2) is 0 Å². The van der Waals surface area contributed by atoms with E-state index in [0.717, 1.165) is 24.3 Å². The smallest absolute Gasteiger partial charge is 0.0397 e. The molecule has 1 saturated heterocycles. The van der Waals surface area contributed by atoms with E-state index in [0.29, 0.717) is 0 Å². The van der Waals surface area contributed by atoms with Crippen molar-refractivity contribution in [3.05, 3.63) is 35.4 Å². The molecule has 0 aromatic heterocycles. The molecule has 2 aliphatic rings. The summed E-state index contributed by atoms with van der Waals surface area (Å²) in [6, 6.07) is 8.98. The van der Waals surface area contributed by atoms with Gasteiger partial charge in [-0.15, -0.1) is 0 Å². The molecule has 1 aromatic carbocycles. The second kappa shape index (κ2) is 7.89. The lowest BCUT2D eigenvalue weighted by Gasteiger charge is -2.35. The molecule has 0 amide bonds. The van der Waals surface area contributed by atoms with Crippen LogP contribution in [0.4, 0.5) is 0 Å². The molecule has 0 spiro atoms. The molecule has 1 N–H and O–H groups in total. The van der Waals surface area contributed by atoms with Gasteiger partial charge < -0.3 is 0 Å². The topological polar surface area (TPSA) is 32.3 Å². The highest BCUT2D eigenvalue weighted by Gasteiger charge is 2.34. The van der Waals surface area contributed by atoms with Gasteiger partial charge in [-0.2, -0.15) is 0 Å². The molecule has 1 unspecified atom stereocenters. The van der Waals surface area contributed by atoms with Crippen LogP contribution in [0, 0.1) is 17.8 Å². The van der Waals surface area contributed by atoms with Gasteiger partial charge in [-0.05, 0) is 74.6 Å². The Morgan fingerprint density at radius 3 is 2.12 bits per heavy atom. The normalized spacial score (nSPS) is 23.4. The minimum atomic E-state index is -2.20. The van der Waals surface area contributed by atoms with Crippen LogP contribution in [0.5, 0.6) is 0 Å². The van der Waals surface area contributed by atoms with E-state index in [2.05, 4.69) is 47.7 Å². The second-order valence-electron chi connectivity index (χ2n) is 8.75. The van der Waals surface area contributed by atoms with Crippen molar-refractivity contribution >= 4 is 10.1 Å². The Morgan fingerprint density at radius 1 is 1.04 bits per heavy atom. The Morgan fingerprint density at radius 2 is 1.60 bits per heavy atom. The van der Waals surface area contributed by atoms with Crippen LogP contribution >= 0.6 is 0 Å². The van der Waals surface area contributed by atoms with Crippen molar-refractivity contribution in [3.63, 3.8) is 0 Å². The summed E-state index contributed by atoms with van der Waals surface area (Å²) < 4.78 is 15.1. The number of benzene rings is 1. The van der Waals surface area contributed by atoms with Gasteiger partial charge in [0.05, 0.1) is 0 Å². The Kier molecular flexibility index (Phi) is 6.02. The quantitative estimate of drug-likeness (QED) is 0.722. The summed E-state index contributed by atoms with van der Waals surface area (Å²) in [5.74, 6) is 2.95. The Labute approximate surface area is 155 Å². The molecule has 1 aromatic rings. The van der Waals surface area contributed by atoms with Crippen molar-refractivity contribution in [1.29, 1.82) is 0 Å². The molecule has 3 rings (SSSR count). The number of nitrogens with one attached hydrogen (secondary N) is 1. The number of likely N-dealkylation sites (tertiary alicyclic amines) is 1. The molecule has 4 heteroatoms. The van der Waals surface area contributed by atoms with Crippen LogP contribution in [0.3, 0.4) is 0 Å². The summed E-state index contributed by atoms with van der Waals surface area (Å²) in [6.07, 6.45) is 9.27. The zero-order valence-corrected chi connectivity index (χ0v) is 17.3. The van der Waals surface area contributed by atoms with Gasteiger partial charge in [0, 0.05) is 25.1 Å². The van der Waals surface area contributed by atoms with Crippen LogP contribution in [-0.2, 0) is 16.7 Å². The Hall–Kier alpha value is -0.710. The molecule has 1 aliphatic heterocycles. The fraction of sp³-hybridized carbons (Fsp3) is 0.714. The second-order valence-corrected chi connectivity index (χ2v) is 11.7. The van der Waals surface area contributed by atoms with Crippen molar-refractivity contribution in [2.75, 3.05) is 25.6 Å². The summed E-state index contributed by atoms with van der Waals surface area (Å²) in [6.45, 7) is 8.12. The summed E-state index contributed by atoms with van der Waals surface area (Å²) >= 11 is 0. The maximum Gasteiger partial charge on any atom is 0.0397 e. The standard InChI is InChI=1S/C21H36N2OS/c1-16(19-9-10-19)20-11-13-23(14-12-20)15-18-5-7-21(8-6-18)17(2)22-25(3,4)24/h5-8,16-17,19-20,25H,9-15H2,1-4H3,(H,22,24)/t16?,17-/m1/s1. The summed E-state index contributed by atoms with van der Waals surface area (Å²) in [4.78, 5) is 2.61. The van der Waals surface area contributed by atoms with Gasteiger partial charge in [0.2, 0.25) is 0 Å². The number of nitrogens with zero attached hydrogens (tertiary/aromatic N) is 1. The third kappa shape index (κ3) is 5.63. The van der Waals surface area contributed by atoms with Crippen LogP contribution in [0.15, 0.2) is 24.3 Å². The van der Waals surface area contributed by atoms with Gasteiger partial charge in [-0.1, -0.05) is 41.3 Å². The fourth-order valence-electron chi connectivity index (χ4n) is 4.35. The van der Waals surface area contributed by atoms with Crippen LogP contribution in [0.1, 0.15) is 56.7 Å². The van der Waals surface area contributed by atoms with Gasteiger partial charge in [0.25, 0.3) is 0 Å². The number of rotatable bonds is 7. The number of hydrogen-bond donors (Lipinski definition) is 2. The zero-order valence-electron chi connectivity index (χ0n) is 16.4. The molecule has 1 heterocycles. The van der Waals surface area contributed by atoms with Crippen molar-refractivity contribution in [2.24, 2.45) is 17.8 Å². The molecule has 0 radical (unpaired) electrons. The van der Waals surface area contributed by atoms with Crippen LogP contribution in [0.25, 0.3) is 0 Å². The molecule has 2 atom stereocenters. The predicted molar refractivity (Wildman–Crippen MR) is 109 cm³/mol. The fourth-order valence-corrected chi connectivity index (χ4v) is 5.44. The van der Waals surface area contributed by atoms with Crippen molar-refractivity contribution in [3.8, 4) is 0 Å². The average Bonchev–Trinajstić information content (AvgIpc) is 3.39. The van der Waals surface area contributed by atoms with Crippen molar-refractivity contribution < 1.29 is 4.21 Å². The van der Waals surface area contributed by atoms with Crippen molar-refractivity contribution in [1.82, 2.24) is 9.62 Å². The lowest BCUT2D eigenvalue weighted by Crippen LogP contribution is -2.35. The van der Waals surface area contributed by atoms with Crippen LogP contribution in [0.2, 0.25) is 0 Å². The third-order valence-corrected chi connectivity index (χ3v) is 7.14. The average molecular weight is 365 g/mol. The minimum Gasteiger partial charge on any atom is -0.299 e. The molecular formula is C21H36N2OS. The number of piperidine rings is 1. The molecule has 3 nitrogen and oxygen atoms in total. The van der Waals surface area contributed by atoms with E-state index >= 15 is 0 Å². The first-order chi connectivity index (χ1) is 11.8. The largest absolute Gasteiger partial charge is 0.299 e. The maximum absolute atomic E-state index is 11.9. The number of thiol groups is 1. The molecule has 1 saturated carbocycles. The summed E-state index contributed by atoms with van der Waals surface area (Å²) in [5, 5.41) is 0. The monoisotopic (exact) mass is 364 g/mol. The molecular weight excluding hydrogens is 328 g/mol. The highest BCUT2D eigenvalue weighted by Crippen LogP contribution is 2.43. The van der Waals surface area contributed by atoms with E-state index in [1.54, 1.807) is 12.5 Å². The lowest BCUT2D eigenvalue weighted by molar-refractivity contribution is 0.139. The highest BCUT2D eigenvalue weighted by atomic mass is 32.3. The van der Waals surface area contributed by atoms with E-state index in [1.807, 2.05) is 0 Å². The third-order valence-electron chi connectivity index (χ3n) is 6.13. The molecule has 0 bridgehead atoms. The summed E-state index contributed by atoms with van der Waals surface area (Å²) in [7, 11) is -2.20. The maximum atomic E-state index is 11.9. The Bertz CT molecular complexity index is 597. The molecule has 25 heavy (non-hydrogen) atoms. The van der Waals surface area contributed by atoms with Gasteiger partial charge in [0.15, 0.2) is 0 Å². The summed E-state index contributed by atoms with van der Waals surface area (Å²) in [5.41, 5.74) is 2.60. The minimum absolute atomic E-state index is 0.134. The van der Waals surface area contributed by atoms with Crippen molar-refractivity contribution in [2.45, 2.75) is 52.1 Å². The SMILES string of the molecule is CC(C1CC1)C1CCN(Cc2ccc([C@@H](C)N[SH](C)(C)=O)cc2)CC1. The van der Waals surface area contributed by atoms with Gasteiger partial charge in [-0.3, -0.25) is 13.8 Å². The van der Waals surface area contributed by atoms with Gasteiger partial charge in [0.1, 0.15) is 0 Å². The lowest BCUT2D eigenvalue weighted by atomic mass is 9.82. The first-order valence-electron chi connectivity index (χ1n) is 9.96. The zero-order chi connectivity index (χ0) is 18.0. The first kappa shape index (κ1) is 19.1. The molecule has 1 aliphatic carbocycles. The highest BCUT2D eigenvalue weighted by molar-refractivity contribution is 7.99. The number of hydrogen-bond acceptors (Lipinski definition) is 2.